The highest BCUT2D eigenvalue weighted by atomic mass is 79.9. The first kappa shape index (κ1) is 14.6. The zero-order valence-corrected chi connectivity index (χ0v) is 11.3. The van der Waals surface area contributed by atoms with E-state index >= 15 is 0 Å². The third-order valence-corrected chi connectivity index (χ3v) is 2.85. The lowest BCUT2D eigenvalue weighted by Gasteiger charge is -2.18. The first-order valence-electron chi connectivity index (χ1n) is 5.34. The van der Waals surface area contributed by atoms with Crippen molar-refractivity contribution in [2.75, 3.05) is 0 Å². The number of hydrogen-bond acceptors (Lipinski definition) is 2. The molecule has 0 saturated carbocycles. The van der Waals surface area contributed by atoms with Gasteiger partial charge in [0.15, 0.2) is 0 Å². The molecule has 1 unspecified atom stereocenters. The smallest absolute Gasteiger partial charge is 0.303 e. The number of carboxylic acid groups (broad SMARTS) is 1. The molecular weight excluding hydrogens is 305 g/mol. The van der Waals surface area contributed by atoms with Crippen LogP contribution in [-0.4, -0.2) is 17.0 Å². The Morgan fingerprint density at radius 1 is 1.50 bits per heavy atom. The molecule has 4 nitrogen and oxygen atoms in total. The summed E-state index contributed by atoms with van der Waals surface area (Å²) < 4.78 is 14.3. The van der Waals surface area contributed by atoms with Gasteiger partial charge >= 0.3 is 5.97 Å². The van der Waals surface area contributed by atoms with Crippen molar-refractivity contribution < 1.29 is 19.1 Å². The normalized spacial score (nSPS) is 11.9. The van der Waals surface area contributed by atoms with Crippen LogP contribution in [0.25, 0.3) is 0 Å². The molecule has 1 atom stereocenters. The van der Waals surface area contributed by atoms with Crippen LogP contribution >= 0.6 is 15.9 Å². The molecule has 1 aromatic carbocycles. The summed E-state index contributed by atoms with van der Waals surface area (Å²) in [6.07, 6.45) is -0.000807. The fourth-order valence-electron chi connectivity index (χ4n) is 1.60. The molecule has 0 aliphatic carbocycles. The van der Waals surface area contributed by atoms with E-state index < -0.39 is 17.8 Å². The van der Waals surface area contributed by atoms with Gasteiger partial charge in [-0.1, -0.05) is 15.9 Å². The monoisotopic (exact) mass is 317 g/mol. The Morgan fingerprint density at radius 3 is 2.72 bits per heavy atom. The van der Waals surface area contributed by atoms with Crippen molar-refractivity contribution in [1.82, 2.24) is 5.32 Å². The summed E-state index contributed by atoms with van der Waals surface area (Å²) in [5.41, 5.74) is 0.279. The van der Waals surface area contributed by atoms with E-state index in [2.05, 4.69) is 21.2 Å². The van der Waals surface area contributed by atoms with E-state index in [4.69, 9.17) is 5.11 Å². The van der Waals surface area contributed by atoms with Gasteiger partial charge in [-0.15, -0.1) is 0 Å². The second-order valence-corrected chi connectivity index (χ2v) is 4.77. The fraction of sp³-hybridized carbons (Fsp3) is 0.333. The third kappa shape index (κ3) is 4.44. The largest absolute Gasteiger partial charge is 0.481 e. The molecule has 0 aliphatic rings. The number of rotatable bonds is 5. The van der Waals surface area contributed by atoms with Crippen molar-refractivity contribution in [2.45, 2.75) is 25.8 Å². The molecule has 0 heterocycles. The predicted molar refractivity (Wildman–Crippen MR) is 67.5 cm³/mol. The highest BCUT2D eigenvalue weighted by Crippen LogP contribution is 2.25. The van der Waals surface area contributed by atoms with Gasteiger partial charge in [-0.05, 0) is 24.6 Å². The summed E-state index contributed by atoms with van der Waals surface area (Å²) in [5.74, 6) is -1.78. The number of halogens is 2. The van der Waals surface area contributed by atoms with Crippen LogP contribution in [0.2, 0.25) is 0 Å². The summed E-state index contributed by atoms with van der Waals surface area (Å²) in [6, 6.07) is 3.71. The highest BCUT2D eigenvalue weighted by molar-refractivity contribution is 9.10. The van der Waals surface area contributed by atoms with E-state index in [0.29, 0.717) is 4.47 Å². The lowest BCUT2D eigenvalue weighted by molar-refractivity contribution is -0.137. The molecule has 0 bridgehead atoms. The fourth-order valence-corrected chi connectivity index (χ4v) is 1.98. The van der Waals surface area contributed by atoms with Gasteiger partial charge in [0.25, 0.3) is 0 Å². The second-order valence-electron chi connectivity index (χ2n) is 3.85. The minimum atomic E-state index is -0.985. The van der Waals surface area contributed by atoms with Gasteiger partial charge in [-0.2, -0.15) is 0 Å². The van der Waals surface area contributed by atoms with Crippen LogP contribution in [0, 0.1) is 5.82 Å². The van der Waals surface area contributed by atoms with Gasteiger partial charge in [0.2, 0.25) is 5.91 Å². The topological polar surface area (TPSA) is 66.4 Å². The Balaban J connectivity index is 2.96. The van der Waals surface area contributed by atoms with Crippen LogP contribution in [0.15, 0.2) is 22.7 Å². The third-order valence-electron chi connectivity index (χ3n) is 2.36. The first-order chi connectivity index (χ1) is 8.40. The van der Waals surface area contributed by atoms with Crippen LogP contribution in [0.3, 0.4) is 0 Å². The second kappa shape index (κ2) is 6.49. The molecule has 0 spiro atoms. The number of nitrogens with one attached hydrogen (secondary N) is 1. The predicted octanol–water partition coefficient (Wildman–Crippen LogP) is 2.63. The molecule has 6 heteroatoms. The lowest BCUT2D eigenvalue weighted by Crippen LogP contribution is -2.27. The average Bonchev–Trinajstić information content (AvgIpc) is 2.27. The standard InChI is InChI=1S/C12H13BrFNO3/c1-7(16)15-11(4-5-12(17)18)9-6-8(13)2-3-10(9)14/h2-3,6,11H,4-5H2,1H3,(H,15,16)(H,17,18). The summed E-state index contributed by atoms with van der Waals surface area (Å²) in [4.78, 5) is 21.6. The van der Waals surface area contributed by atoms with Crippen molar-refractivity contribution in [2.24, 2.45) is 0 Å². The molecule has 0 saturated heterocycles. The minimum Gasteiger partial charge on any atom is -0.481 e. The molecule has 0 aromatic heterocycles. The van der Waals surface area contributed by atoms with Gasteiger partial charge in [0.05, 0.1) is 6.04 Å². The number of benzene rings is 1. The van der Waals surface area contributed by atoms with Crippen LogP contribution in [0.4, 0.5) is 4.39 Å². The van der Waals surface area contributed by atoms with Gasteiger partial charge in [-0.25, -0.2) is 4.39 Å². The van der Waals surface area contributed by atoms with Gasteiger partial charge in [0.1, 0.15) is 5.82 Å². The van der Waals surface area contributed by atoms with Crippen molar-refractivity contribution in [1.29, 1.82) is 0 Å². The molecule has 0 radical (unpaired) electrons. The SMILES string of the molecule is CC(=O)NC(CCC(=O)O)c1cc(Br)ccc1F. The molecule has 98 valence electrons. The van der Waals surface area contributed by atoms with Crippen LogP contribution in [0.1, 0.15) is 31.4 Å². The zero-order valence-electron chi connectivity index (χ0n) is 9.74. The maximum atomic E-state index is 13.7. The van der Waals surface area contributed by atoms with E-state index in [1.165, 1.54) is 19.1 Å². The summed E-state index contributed by atoms with van der Waals surface area (Å²) in [5, 5.41) is 11.2. The number of amides is 1. The molecule has 1 aromatic rings. The highest BCUT2D eigenvalue weighted by Gasteiger charge is 2.18. The van der Waals surface area contributed by atoms with E-state index in [9.17, 15) is 14.0 Å². The number of carboxylic acids is 1. The first-order valence-corrected chi connectivity index (χ1v) is 6.13. The summed E-state index contributed by atoms with van der Waals surface area (Å²) in [7, 11) is 0. The van der Waals surface area contributed by atoms with Crippen LogP contribution in [-0.2, 0) is 9.59 Å². The Morgan fingerprint density at radius 2 is 2.17 bits per heavy atom. The molecule has 0 fully saturated rings. The zero-order chi connectivity index (χ0) is 13.7. The van der Waals surface area contributed by atoms with Crippen molar-refractivity contribution in [3.8, 4) is 0 Å². The van der Waals surface area contributed by atoms with Gasteiger partial charge in [-0.3, -0.25) is 9.59 Å². The molecule has 1 rings (SSSR count). The van der Waals surface area contributed by atoms with Crippen LogP contribution in [0.5, 0.6) is 0 Å². The molecule has 2 N–H and O–H groups in total. The number of carbonyl (C=O) groups excluding carboxylic acids is 1. The van der Waals surface area contributed by atoms with E-state index in [-0.39, 0.29) is 24.3 Å². The Kier molecular flexibility index (Phi) is 5.27. The average molecular weight is 318 g/mol. The van der Waals surface area contributed by atoms with Crippen molar-refractivity contribution in [3.05, 3.63) is 34.1 Å². The maximum Gasteiger partial charge on any atom is 0.303 e. The Bertz CT molecular complexity index is 465. The molecule has 1 amide bonds. The maximum absolute atomic E-state index is 13.7. The Hall–Kier alpha value is -1.43. The summed E-state index contributed by atoms with van der Waals surface area (Å²) >= 11 is 3.22. The summed E-state index contributed by atoms with van der Waals surface area (Å²) in [6.45, 7) is 1.31. The van der Waals surface area contributed by atoms with Crippen LogP contribution < -0.4 is 5.32 Å². The number of aliphatic carboxylic acids is 1. The minimum absolute atomic E-state index is 0.141. The van der Waals surface area contributed by atoms with E-state index in [0.717, 1.165) is 0 Å². The number of hydrogen-bond donors (Lipinski definition) is 2. The molecule has 0 aliphatic heterocycles. The quantitative estimate of drug-likeness (QED) is 0.877. The molecule has 18 heavy (non-hydrogen) atoms. The lowest BCUT2D eigenvalue weighted by atomic mass is 10.0. The Labute approximate surface area is 112 Å². The number of carbonyl (C=O) groups is 2. The van der Waals surface area contributed by atoms with E-state index in [1.807, 2.05) is 0 Å². The van der Waals surface area contributed by atoms with Crippen molar-refractivity contribution in [3.63, 3.8) is 0 Å². The van der Waals surface area contributed by atoms with E-state index in [1.54, 1.807) is 6.07 Å². The van der Waals surface area contributed by atoms with Crippen molar-refractivity contribution >= 4 is 27.8 Å². The van der Waals surface area contributed by atoms with Gasteiger partial charge in [0, 0.05) is 23.4 Å². The van der Waals surface area contributed by atoms with Gasteiger partial charge < -0.3 is 10.4 Å². The molecular formula is C12H13BrFNO3.